The second kappa shape index (κ2) is 3.26. The van der Waals surface area contributed by atoms with E-state index in [4.69, 9.17) is 10.00 Å². The first kappa shape index (κ1) is 6.31. The van der Waals surface area contributed by atoms with E-state index in [9.17, 15) is 0 Å². The standard InChI is InChI=1S/C7H9NO/c8-4-3-7-2-1-5-9-6-7/h3H,1-2,5-6H2/b7-3-. The number of rotatable bonds is 0. The number of hydrogen-bond acceptors (Lipinski definition) is 2. The molecule has 1 saturated heterocycles. The molecule has 9 heavy (non-hydrogen) atoms. The van der Waals surface area contributed by atoms with Crippen LogP contribution in [0.2, 0.25) is 0 Å². The quantitative estimate of drug-likeness (QED) is 0.454. The molecule has 0 saturated carbocycles. The lowest BCUT2D eigenvalue weighted by atomic mass is 10.1. The van der Waals surface area contributed by atoms with Crippen LogP contribution in [0.25, 0.3) is 0 Å². The van der Waals surface area contributed by atoms with Crippen LogP contribution in [0.5, 0.6) is 0 Å². The predicted octanol–water partition coefficient (Wildman–Crippen LogP) is 1.25. The third-order valence-electron chi connectivity index (χ3n) is 1.34. The highest BCUT2D eigenvalue weighted by atomic mass is 16.5. The summed E-state index contributed by atoms with van der Waals surface area (Å²) < 4.78 is 5.12. The molecule has 0 aromatic heterocycles. The zero-order valence-corrected chi connectivity index (χ0v) is 5.26. The molecule has 0 bridgehead atoms. The minimum atomic E-state index is 0.660. The highest BCUT2D eigenvalue weighted by molar-refractivity contribution is 5.14. The van der Waals surface area contributed by atoms with E-state index < -0.39 is 0 Å². The molecule has 1 fully saturated rings. The lowest BCUT2D eigenvalue weighted by Gasteiger charge is -2.12. The summed E-state index contributed by atoms with van der Waals surface area (Å²) >= 11 is 0. The van der Waals surface area contributed by atoms with Crippen molar-refractivity contribution in [2.75, 3.05) is 13.2 Å². The Bertz CT molecular complexity index is 147. The highest BCUT2D eigenvalue weighted by Gasteiger charge is 2.03. The van der Waals surface area contributed by atoms with Gasteiger partial charge in [0.15, 0.2) is 0 Å². The Balaban J connectivity index is 2.42. The van der Waals surface area contributed by atoms with Crippen molar-refractivity contribution >= 4 is 0 Å². The third kappa shape index (κ3) is 1.87. The first-order valence-electron chi connectivity index (χ1n) is 3.09. The molecule has 48 valence electrons. The molecule has 0 N–H and O–H groups in total. The van der Waals surface area contributed by atoms with Crippen LogP contribution in [0.15, 0.2) is 11.6 Å². The average Bonchev–Trinajstić information content (AvgIpc) is 1.91. The van der Waals surface area contributed by atoms with Crippen LogP contribution in [-0.4, -0.2) is 13.2 Å². The van der Waals surface area contributed by atoms with E-state index in [1.807, 2.05) is 6.07 Å². The maximum atomic E-state index is 8.24. The van der Waals surface area contributed by atoms with Gasteiger partial charge in [-0.25, -0.2) is 0 Å². The Labute approximate surface area is 54.7 Å². The number of nitriles is 1. The van der Waals surface area contributed by atoms with Gasteiger partial charge in [-0.05, 0) is 18.4 Å². The Morgan fingerprint density at radius 1 is 1.67 bits per heavy atom. The van der Waals surface area contributed by atoms with Crippen molar-refractivity contribution in [1.29, 1.82) is 5.26 Å². The second-order valence-electron chi connectivity index (χ2n) is 2.09. The van der Waals surface area contributed by atoms with Crippen LogP contribution >= 0.6 is 0 Å². The third-order valence-corrected chi connectivity index (χ3v) is 1.34. The Hall–Kier alpha value is -0.810. The van der Waals surface area contributed by atoms with Crippen LogP contribution in [0.4, 0.5) is 0 Å². The van der Waals surface area contributed by atoms with E-state index >= 15 is 0 Å². The molecular formula is C7H9NO. The van der Waals surface area contributed by atoms with Crippen LogP contribution in [0, 0.1) is 11.3 Å². The maximum absolute atomic E-state index is 8.24. The minimum absolute atomic E-state index is 0.660. The van der Waals surface area contributed by atoms with Crippen LogP contribution in [0.3, 0.4) is 0 Å². The molecule has 0 radical (unpaired) electrons. The molecule has 0 unspecified atom stereocenters. The lowest BCUT2D eigenvalue weighted by molar-refractivity contribution is 0.130. The first-order chi connectivity index (χ1) is 4.43. The smallest absolute Gasteiger partial charge is 0.0912 e. The lowest BCUT2D eigenvalue weighted by Crippen LogP contribution is -2.07. The predicted molar refractivity (Wildman–Crippen MR) is 33.7 cm³/mol. The highest BCUT2D eigenvalue weighted by Crippen LogP contribution is 2.10. The summed E-state index contributed by atoms with van der Waals surface area (Å²) in [7, 11) is 0. The average molecular weight is 123 g/mol. The monoisotopic (exact) mass is 123 g/mol. The van der Waals surface area contributed by atoms with Gasteiger partial charge in [-0.2, -0.15) is 5.26 Å². The number of allylic oxidation sites excluding steroid dienone is 1. The molecule has 1 aliphatic rings. The maximum Gasteiger partial charge on any atom is 0.0912 e. The fourth-order valence-electron chi connectivity index (χ4n) is 0.882. The van der Waals surface area contributed by atoms with Crippen molar-refractivity contribution in [3.05, 3.63) is 11.6 Å². The van der Waals surface area contributed by atoms with Gasteiger partial charge in [0, 0.05) is 12.7 Å². The van der Waals surface area contributed by atoms with Crippen LogP contribution in [-0.2, 0) is 4.74 Å². The number of nitrogens with zero attached hydrogens (tertiary/aromatic N) is 1. The molecule has 0 aromatic rings. The van der Waals surface area contributed by atoms with E-state index in [2.05, 4.69) is 0 Å². The minimum Gasteiger partial charge on any atom is -0.377 e. The summed E-state index contributed by atoms with van der Waals surface area (Å²) in [5.74, 6) is 0. The topological polar surface area (TPSA) is 33.0 Å². The molecule has 0 atom stereocenters. The molecule has 0 aliphatic carbocycles. The van der Waals surface area contributed by atoms with E-state index in [0.29, 0.717) is 6.61 Å². The normalized spacial score (nSPS) is 23.7. The molecular weight excluding hydrogens is 114 g/mol. The summed E-state index contributed by atoms with van der Waals surface area (Å²) in [5.41, 5.74) is 1.13. The zero-order valence-electron chi connectivity index (χ0n) is 5.26. The molecule has 1 aliphatic heterocycles. The Kier molecular flexibility index (Phi) is 2.29. The molecule has 0 amide bonds. The molecule has 0 spiro atoms. The van der Waals surface area contributed by atoms with Gasteiger partial charge in [-0.15, -0.1) is 0 Å². The summed E-state index contributed by atoms with van der Waals surface area (Å²) in [5, 5.41) is 8.24. The van der Waals surface area contributed by atoms with Crippen LogP contribution < -0.4 is 0 Å². The van der Waals surface area contributed by atoms with E-state index in [0.717, 1.165) is 25.0 Å². The van der Waals surface area contributed by atoms with Gasteiger partial charge in [-0.1, -0.05) is 0 Å². The Morgan fingerprint density at radius 2 is 2.56 bits per heavy atom. The van der Waals surface area contributed by atoms with Gasteiger partial charge >= 0.3 is 0 Å². The molecule has 2 nitrogen and oxygen atoms in total. The van der Waals surface area contributed by atoms with Crippen molar-refractivity contribution in [2.45, 2.75) is 12.8 Å². The van der Waals surface area contributed by atoms with Crippen molar-refractivity contribution < 1.29 is 4.74 Å². The second-order valence-corrected chi connectivity index (χ2v) is 2.09. The fourth-order valence-corrected chi connectivity index (χ4v) is 0.882. The zero-order chi connectivity index (χ0) is 6.53. The van der Waals surface area contributed by atoms with Crippen LogP contribution in [0.1, 0.15) is 12.8 Å². The van der Waals surface area contributed by atoms with Gasteiger partial charge in [0.1, 0.15) is 0 Å². The largest absolute Gasteiger partial charge is 0.377 e. The van der Waals surface area contributed by atoms with Crippen molar-refractivity contribution in [3.8, 4) is 6.07 Å². The first-order valence-corrected chi connectivity index (χ1v) is 3.09. The van der Waals surface area contributed by atoms with Gasteiger partial charge < -0.3 is 4.74 Å². The summed E-state index contributed by atoms with van der Waals surface area (Å²) in [6.45, 7) is 1.51. The SMILES string of the molecule is N#C/C=C1/CCCOC1. The fraction of sp³-hybridized carbons (Fsp3) is 0.571. The van der Waals surface area contributed by atoms with Gasteiger partial charge in [-0.3, -0.25) is 0 Å². The number of hydrogen-bond donors (Lipinski definition) is 0. The van der Waals surface area contributed by atoms with Crippen molar-refractivity contribution in [2.24, 2.45) is 0 Å². The molecule has 0 aromatic carbocycles. The number of ether oxygens (including phenoxy) is 1. The molecule has 2 heteroatoms. The van der Waals surface area contributed by atoms with E-state index in [1.54, 1.807) is 6.08 Å². The molecule has 1 heterocycles. The van der Waals surface area contributed by atoms with Gasteiger partial charge in [0.2, 0.25) is 0 Å². The van der Waals surface area contributed by atoms with Crippen molar-refractivity contribution in [3.63, 3.8) is 0 Å². The van der Waals surface area contributed by atoms with Gasteiger partial charge in [0.25, 0.3) is 0 Å². The van der Waals surface area contributed by atoms with E-state index in [1.165, 1.54) is 0 Å². The van der Waals surface area contributed by atoms with E-state index in [-0.39, 0.29) is 0 Å². The molecule has 1 rings (SSSR count). The summed E-state index contributed by atoms with van der Waals surface area (Å²) in [6.07, 6.45) is 3.68. The summed E-state index contributed by atoms with van der Waals surface area (Å²) in [6, 6.07) is 2.00. The van der Waals surface area contributed by atoms with Gasteiger partial charge in [0.05, 0.1) is 12.7 Å². The Morgan fingerprint density at radius 3 is 3.11 bits per heavy atom. The summed E-state index contributed by atoms with van der Waals surface area (Å²) in [4.78, 5) is 0. The van der Waals surface area contributed by atoms with Crippen molar-refractivity contribution in [1.82, 2.24) is 0 Å².